The van der Waals surface area contributed by atoms with E-state index >= 15 is 0 Å². The molecule has 0 amide bonds. The van der Waals surface area contributed by atoms with E-state index in [2.05, 4.69) is 48.0 Å². The van der Waals surface area contributed by atoms with Gasteiger partial charge in [-0.3, -0.25) is 4.90 Å². The second kappa shape index (κ2) is 7.31. The highest BCUT2D eigenvalue weighted by Gasteiger charge is 2.08. The Hall–Kier alpha value is -1.16. The molecule has 1 aromatic heterocycles. The van der Waals surface area contributed by atoms with E-state index < -0.39 is 0 Å². The Morgan fingerprint density at radius 3 is 2.67 bits per heavy atom. The number of rotatable bonds is 7. The summed E-state index contributed by atoms with van der Waals surface area (Å²) in [4.78, 5) is 11.3. The third-order valence-electron chi connectivity index (χ3n) is 2.99. The van der Waals surface area contributed by atoms with Crippen molar-refractivity contribution in [3.63, 3.8) is 0 Å². The van der Waals surface area contributed by atoms with Crippen molar-refractivity contribution in [3.05, 3.63) is 17.6 Å². The molecule has 0 bridgehead atoms. The van der Waals surface area contributed by atoms with Crippen LogP contribution in [0, 0.1) is 12.8 Å². The average Bonchev–Trinajstić information content (AvgIpc) is 2.28. The molecule has 1 atom stereocenters. The molecule has 1 rings (SSSR count). The topological polar surface area (TPSA) is 41.1 Å². The van der Waals surface area contributed by atoms with Crippen LogP contribution >= 0.6 is 0 Å². The van der Waals surface area contributed by atoms with Crippen molar-refractivity contribution >= 4 is 5.82 Å². The van der Waals surface area contributed by atoms with Crippen LogP contribution in [0.2, 0.25) is 0 Å². The van der Waals surface area contributed by atoms with Gasteiger partial charge in [-0.15, -0.1) is 0 Å². The molecule has 4 heteroatoms. The fourth-order valence-electron chi connectivity index (χ4n) is 1.94. The van der Waals surface area contributed by atoms with Crippen molar-refractivity contribution < 1.29 is 0 Å². The molecular weight excluding hydrogens is 224 g/mol. The van der Waals surface area contributed by atoms with Crippen LogP contribution in [0.25, 0.3) is 0 Å². The van der Waals surface area contributed by atoms with Crippen LogP contribution in [0.3, 0.4) is 0 Å². The lowest BCUT2D eigenvalue weighted by Gasteiger charge is -2.20. The van der Waals surface area contributed by atoms with Crippen molar-refractivity contribution in [1.29, 1.82) is 0 Å². The molecule has 1 N–H and O–H groups in total. The van der Waals surface area contributed by atoms with E-state index in [0.717, 1.165) is 37.0 Å². The minimum Gasteiger partial charge on any atom is -0.370 e. The molecule has 0 saturated carbocycles. The van der Waals surface area contributed by atoms with E-state index in [0.29, 0.717) is 5.92 Å². The second-order valence-corrected chi connectivity index (χ2v) is 5.05. The van der Waals surface area contributed by atoms with E-state index in [4.69, 9.17) is 0 Å². The van der Waals surface area contributed by atoms with Gasteiger partial charge in [0.15, 0.2) is 0 Å². The zero-order valence-corrected chi connectivity index (χ0v) is 12.3. The number of aryl methyl sites for hydroxylation is 1. The maximum atomic E-state index is 4.53. The Bertz CT molecular complexity index is 365. The molecule has 0 fully saturated rings. The predicted molar refractivity (Wildman–Crippen MR) is 76.7 cm³/mol. The number of hydrogen-bond donors (Lipinski definition) is 1. The quantitative estimate of drug-likeness (QED) is 0.808. The summed E-state index contributed by atoms with van der Waals surface area (Å²) in [6.07, 6.45) is 1.21. The summed E-state index contributed by atoms with van der Waals surface area (Å²) in [5.41, 5.74) is 1.02. The number of nitrogens with one attached hydrogen (secondary N) is 1. The van der Waals surface area contributed by atoms with E-state index in [-0.39, 0.29) is 0 Å². The lowest BCUT2D eigenvalue weighted by molar-refractivity contribution is 0.269. The standard InChI is InChI=1S/C14H26N4/c1-6-11(3)9-18(5)10-14-16-12(4)8-13(17-14)15-7-2/h8,11H,6-7,9-10H2,1-5H3,(H,15,16,17). The van der Waals surface area contributed by atoms with Gasteiger partial charge in [-0.1, -0.05) is 20.3 Å². The summed E-state index contributed by atoms with van der Waals surface area (Å²) in [6.45, 7) is 11.4. The minimum absolute atomic E-state index is 0.716. The summed E-state index contributed by atoms with van der Waals surface area (Å²) in [5, 5.41) is 3.24. The lowest BCUT2D eigenvalue weighted by Crippen LogP contribution is -2.25. The van der Waals surface area contributed by atoms with Crippen LogP contribution in [0.4, 0.5) is 5.82 Å². The molecule has 0 spiro atoms. The molecule has 4 nitrogen and oxygen atoms in total. The SMILES string of the molecule is CCNc1cc(C)nc(CN(C)CC(C)CC)n1. The molecule has 1 unspecified atom stereocenters. The van der Waals surface area contributed by atoms with Gasteiger partial charge in [0.2, 0.25) is 0 Å². The molecule has 0 aromatic carbocycles. The lowest BCUT2D eigenvalue weighted by atomic mass is 10.1. The Kier molecular flexibility index (Phi) is 6.05. The molecule has 0 aliphatic carbocycles. The fraction of sp³-hybridized carbons (Fsp3) is 0.714. The molecule has 0 aliphatic rings. The number of anilines is 1. The van der Waals surface area contributed by atoms with Crippen LogP contribution in [0.5, 0.6) is 0 Å². The van der Waals surface area contributed by atoms with Crippen molar-refractivity contribution in [1.82, 2.24) is 14.9 Å². The molecule has 102 valence electrons. The van der Waals surface area contributed by atoms with Gasteiger partial charge in [-0.2, -0.15) is 0 Å². The first kappa shape index (κ1) is 14.9. The Balaban J connectivity index is 2.65. The number of hydrogen-bond acceptors (Lipinski definition) is 4. The molecule has 1 aromatic rings. The third kappa shape index (κ3) is 5.00. The zero-order chi connectivity index (χ0) is 13.5. The monoisotopic (exact) mass is 250 g/mol. The Morgan fingerprint density at radius 2 is 2.06 bits per heavy atom. The van der Waals surface area contributed by atoms with Gasteiger partial charge < -0.3 is 5.32 Å². The van der Waals surface area contributed by atoms with Crippen LogP contribution in [-0.4, -0.2) is 35.0 Å². The average molecular weight is 250 g/mol. The van der Waals surface area contributed by atoms with Crippen molar-refractivity contribution in [2.45, 2.75) is 40.7 Å². The fourth-order valence-corrected chi connectivity index (χ4v) is 1.94. The molecule has 1 heterocycles. The van der Waals surface area contributed by atoms with Crippen LogP contribution in [0.15, 0.2) is 6.07 Å². The predicted octanol–water partition coefficient (Wildman–Crippen LogP) is 2.69. The smallest absolute Gasteiger partial charge is 0.144 e. The van der Waals surface area contributed by atoms with Gasteiger partial charge in [-0.25, -0.2) is 9.97 Å². The van der Waals surface area contributed by atoms with Crippen LogP contribution < -0.4 is 5.32 Å². The first-order valence-electron chi connectivity index (χ1n) is 6.82. The summed E-state index contributed by atoms with van der Waals surface area (Å²) in [6, 6.07) is 1.99. The highest BCUT2D eigenvalue weighted by atomic mass is 15.1. The molecule has 0 aliphatic heterocycles. The maximum Gasteiger partial charge on any atom is 0.144 e. The van der Waals surface area contributed by atoms with Gasteiger partial charge in [0.05, 0.1) is 6.54 Å². The van der Waals surface area contributed by atoms with E-state index in [9.17, 15) is 0 Å². The van der Waals surface area contributed by atoms with E-state index in [1.807, 2.05) is 13.0 Å². The van der Waals surface area contributed by atoms with Gasteiger partial charge in [0.25, 0.3) is 0 Å². The van der Waals surface area contributed by atoms with Gasteiger partial charge in [0.1, 0.15) is 11.6 Å². The summed E-state index contributed by atoms with van der Waals surface area (Å²) >= 11 is 0. The summed E-state index contributed by atoms with van der Waals surface area (Å²) in [5.74, 6) is 2.54. The van der Waals surface area contributed by atoms with E-state index in [1.165, 1.54) is 6.42 Å². The molecule has 0 saturated heterocycles. The summed E-state index contributed by atoms with van der Waals surface area (Å²) < 4.78 is 0. The maximum absolute atomic E-state index is 4.53. The largest absolute Gasteiger partial charge is 0.370 e. The van der Waals surface area contributed by atoms with Crippen LogP contribution in [-0.2, 0) is 6.54 Å². The number of aromatic nitrogens is 2. The number of nitrogens with zero attached hydrogens (tertiary/aromatic N) is 3. The molecule has 0 radical (unpaired) electrons. The molecular formula is C14H26N4. The molecule has 18 heavy (non-hydrogen) atoms. The van der Waals surface area contributed by atoms with Crippen molar-refractivity contribution in [2.24, 2.45) is 5.92 Å². The second-order valence-electron chi connectivity index (χ2n) is 5.05. The third-order valence-corrected chi connectivity index (χ3v) is 2.99. The first-order chi connectivity index (χ1) is 8.55. The highest BCUT2D eigenvalue weighted by molar-refractivity contribution is 5.35. The minimum atomic E-state index is 0.716. The van der Waals surface area contributed by atoms with Crippen LogP contribution in [0.1, 0.15) is 38.7 Å². The van der Waals surface area contributed by atoms with E-state index in [1.54, 1.807) is 0 Å². The normalized spacial score (nSPS) is 12.8. The van der Waals surface area contributed by atoms with Gasteiger partial charge >= 0.3 is 0 Å². The van der Waals surface area contributed by atoms with Crippen molar-refractivity contribution in [2.75, 3.05) is 25.5 Å². The first-order valence-corrected chi connectivity index (χ1v) is 6.82. The van der Waals surface area contributed by atoms with Crippen molar-refractivity contribution in [3.8, 4) is 0 Å². The highest BCUT2D eigenvalue weighted by Crippen LogP contribution is 2.09. The van der Waals surface area contributed by atoms with Gasteiger partial charge in [0, 0.05) is 24.8 Å². The Morgan fingerprint density at radius 1 is 1.33 bits per heavy atom. The Labute approximate surface area is 111 Å². The van der Waals surface area contributed by atoms with Gasteiger partial charge in [-0.05, 0) is 26.8 Å². The zero-order valence-electron chi connectivity index (χ0n) is 12.3. The summed E-state index contributed by atoms with van der Waals surface area (Å²) in [7, 11) is 2.13.